The van der Waals surface area contributed by atoms with Gasteiger partial charge in [-0.2, -0.15) is 4.98 Å². The molecule has 0 bridgehead atoms. The monoisotopic (exact) mass is 590 g/mol. The standard InChI is InChI=1S/C26H28Cl2N6O4S/c1-32(2)17-9-11-33(12-10-17)21-8-7-16(13-22(21)39(3,36)37)30-26-29-14-18-24(31-26)38-15-34(25(18)35)23-19(27)5-4-6-20(23)28/h4-8,13-14,17H,9-12,15H2,1-3H3,(H,29,30,31). The average Bonchev–Trinajstić information content (AvgIpc) is 2.89. The summed E-state index contributed by atoms with van der Waals surface area (Å²) in [6.45, 7) is 1.41. The number of sulfone groups is 1. The van der Waals surface area contributed by atoms with E-state index in [0.29, 0.717) is 33.1 Å². The highest BCUT2D eigenvalue weighted by Crippen LogP contribution is 2.37. The lowest BCUT2D eigenvalue weighted by Gasteiger charge is -2.37. The molecule has 1 fully saturated rings. The van der Waals surface area contributed by atoms with Gasteiger partial charge in [0.15, 0.2) is 16.6 Å². The van der Waals surface area contributed by atoms with Gasteiger partial charge in [-0.25, -0.2) is 13.4 Å². The second kappa shape index (κ2) is 10.8. The number of hydrogen-bond acceptors (Lipinski definition) is 9. The van der Waals surface area contributed by atoms with Crippen LogP contribution in [-0.4, -0.2) is 75.4 Å². The smallest absolute Gasteiger partial charge is 0.268 e. The van der Waals surface area contributed by atoms with Crippen LogP contribution in [0.25, 0.3) is 0 Å². The quantitative estimate of drug-likeness (QED) is 0.445. The number of aromatic nitrogens is 2. The summed E-state index contributed by atoms with van der Waals surface area (Å²) in [5, 5.41) is 3.66. The van der Waals surface area contributed by atoms with Crippen LogP contribution >= 0.6 is 23.2 Å². The number of rotatable bonds is 6. The van der Waals surface area contributed by atoms with Crippen molar-refractivity contribution in [1.29, 1.82) is 0 Å². The normalized spacial score (nSPS) is 16.3. The molecule has 0 spiro atoms. The van der Waals surface area contributed by atoms with Crippen LogP contribution in [0.4, 0.5) is 23.0 Å². The molecule has 2 aromatic carbocycles. The fourth-order valence-electron chi connectivity index (χ4n) is 4.83. The molecule has 0 radical (unpaired) electrons. The number of piperidine rings is 1. The maximum absolute atomic E-state index is 13.1. The SMILES string of the molecule is CN(C)C1CCN(c2ccc(Nc3ncc4c(n3)OCN(c3c(Cl)cccc3Cl)C4=O)cc2S(C)(=O)=O)CC1. The summed E-state index contributed by atoms with van der Waals surface area (Å²) in [6.07, 6.45) is 4.47. The molecule has 1 saturated heterocycles. The summed E-state index contributed by atoms with van der Waals surface area (Å²) in [4.78, 5) is 27.6. The van der Waals surface area contributed by atoms with Gasteiger partial charge in [0.2, 0.25) is 11.8 Å². The van der Waals surface area contributed by atoms with Crippen LogP contribution in [0.1, 0.15) is 23.2 Å². The first-order valence-electron chi connectivity index (χ1n) is 12.3. The van der Waals surface area contributed by atoms with Crippen LogP contribution in [0.3, 0.4) is 0 Å². The fraction of sp³-hybridized carbons (Fsp3) is 0.346. The van der Waals surface area contributed by atoms with Crippen LogP contribution in [0.15, 0.2) is 47.5 Å². The molecule has 0 aliphatic carbocycles. The molecule has 3 heterocycles. The lowest BCUT2D eigenvalue weighted by molar-refractivity contribution is 0.0932. The number of anilines is 4. The maximum atomic E-state index is 13.1. The van der Waals surface area contributed by atoms with Gasteiger partial charge >= 0.3 is 0 Å². The van der Waals surface area contributed by atoms with Crippen molar-refractivity contribution >= 4 is 62.0 Å². The van der Waals surface area contributed by atoms with Crippen LogP contribution in [0.5, 0.6) is 5.88 Å². The Kier molecular flexibility index (Phi) is 7.60. The van der Waals surface area contributed by atoms with E-state index >= 15 is 0 Å². The molecule has 1 aromatic heterocycles. The van der Waals surface area contributed by atoms with E-state index in [1.807, 2.05) is 0 Å². The average molecular weight is 592 g/mol. The summed E-state index contributed by atoms with van der Waals surface area (Å²) in [7, 11) is 0.615. The maximum Gasteiger partial charge on any atom is 0.268 e. The third-order valence-corrected chi connectivity index (χ3v) is 8.65. The van der Waals surface area contributed by atoms with Crippen LogP contribution in [-0.2, 0) is 9.84 Å². The number of ether oxygens (including phenoxy) is 1. The number of nitrogens with one attached hydrogen (secondary N) is 1. The van der Waals surface area contributed by atoms with Gasteiger partial charge in [-0.05, 0) is 57.3 Å². The molecule has 0 unspecified atom stereocenters. The summed E-state index contributed by atoms with van der Waals surface area (Å²) in [5.74, 6) is -0.148. The van der Waals surface area contributed by atoms with Crippen LogP contribution in [0.2, 0.25) is 10.0 Å². The molecule has 13 heteroatoms. The number of amides is 1. The first-order chi connectivity index (χ1) is 18.5. The van der Waals surface area contributed by atoms with E-state index in [2.05, 4.69) is 39.2 Å². The highest BCUT2D eigenvalue weighted by molar-refractivity contribution is 7.90. The lowest BCUT2D eigenvalue weighted by Crippen LogP contribution is -2.42. The third kappa shape index (κ3) is 5.62. The van der Waals surface area contributed by atoms with Crippen molar-refractivity contribution in [3.63, 3.8) is 0 Å². The van der Waals surface area contributed by atoms with Crippen molar-refractivity contribution in [2.24, 2.45) is 0 Å². The number of hydrogen-bond donors (Lipinski definition) is 1. The molecular formula is C26H28Cl2N6O4S. The minimum Gasteiger partial charge on any atom is -0.455 e. The van der Waals surface area contributed by atoms with Gasteiger partial charge in [0.1, 0.15) is 5.56 Å². The predicted octanol–water partition coefficient (Wildman–Crippen LogP) is 4.46. The van der Waals surface area contributed by atoms with Gasteiger partial charge in [-0.15, -0.1) is 0 Å². The molecule has 2 aliphatic heterocycles. The van der Waals surface area contributed by atoms with Crippen molar-refractivity contribution in [3.8, 4) is 5.88 Å². The number of benzene rings is 2. The summed E-state index contributed by atoms with van der Waals surface area (Å²) >= 11 is 12.5. The van der Waals surface area contributed by atoms with Crippen LogP contribution < -0.4 is 19.9 Å². The second-order valence-electron chi connectivity index (χ2n) is 9.75. The zero-order chi connectivity index (χ0) is 27.9. The molecule has 5 rings (SSSR count). The first kappa shape index (κ1) is 27.4. The Balaban J connectivity index is 1.37. The number of carbonyl (C=O) groups is 1. The van der Waals surface area contributed by atoms with E-state index < -0.39 is 15.7 Å². The Hall–Kier alpha value is -3.12. The van der Waals surface area contributed by atoms with Crippen molar-refractivity contribution in [2.45, 2.75) is 23.8 Å². The zero-order valence-corrected chi connectivity index (χ0v) is 24.0. The molecule has 0 atom stereocenters. The fourth-order valence-corrected chi connectivity index (χ4v) is 6.35. The Morgan fingerprint density at radius 3 is 2.44 bits per heavy atom. The molecule has 39 heavy (non-hydrogen) atoms. The molecule has 2 aliphatic rings. The van der Waals surface area contributed by atoms with Gasteiger partial charge in [0.05, 0.1) is 26.3 Å². The van der Waals surface area contributed by atoms with E-state index in [-0.39, 0.29) is 29.0 Å². The van der Waals surface area contributed by atoms with Crippen molar-refractivity contribution in [3.05, 3.63) is 58.2 Å². The van der Waals surface area contributed by atoms with Gasteiger partial charge in [0.25, 0.3) is 5.91 Å². The van der Waals surface area contributed by atoms with E-state index in [1.54, 1.807) is 36.4 Å². The Morgan fingerprint density at radius 2 is 1.79 bits per heavy atom. The van der Waals surface area contributed by atoms with Gasteiger partial charge in [-0.1, -0.05) is 29.3 Å². The third-order valence-electron chi connectivity index (χ3n) is 6.92. The molecular weight excluding hydrogens is 563 g/mol. The Bertz CT molecular complexity index is 1510. The molecule has 3 aromatic rings. The van der Waals surface area contributed by atoms with E-state index in [4.69, 9.17) is 27.9 Å². The number of fused-ring (bicyclic) bond motifs is 1. The predicted molar refractivity (Wildman–Crippen MR) is 153 cm³/mol. The molecule has 10 nitrogen and oxygen atoms in total. The summed E-state index contributed by atoms with van der Waals surface area (Å²) in [6, 6.07) is 10.6. The summed E-state index contributed by atoms with van der Waals surface area (Å²) in [5.41, 5.74) is 1.67. The van der Waals surface area contributed by atoms with Crippen molar-refractivity contribution in [1.82, 2.24) is 14.9 Å². The summed E-state index contributed by atoms with van der Waals surface area (Å²) < 4.78 is 31.2. The topological polar surface area (TPSA) is 108 Å². The Labute approximate surface area is 237 Å². The molecule has 206 valence electrons. The van der Waals surface area contributed by atoms with Gasteiger partial charge in [-0.3, -0.25) is 9.69 Å². The number of para-hydroxylation sites is 1. The number of halogens is 2. The minimum absolute atomic E-state index is 0.0978. The van der Waals surface area contributed by atoms with Crippen molar-refractivity contribution < 1.29 is 17.9 Å². The molecule has 1 amide bonds. The van der Waals surface area contributed by atoms with E-state index in [9.17, 15) is 13.2 Å². The minimum atomic E-state index is -3.52. The molecule has 1 N–H and O–H groups in total. The second-order valence-corrected chi connectivity index (χ2v) is 12.5. The van der Waals surface area contributed by atoms with Gasteiger partial charge in [0, 0.05) is 37.3 Å². The van der Waals surface area contributed by atoms with Crippen molar-refractivity contribution in [2.75, 3.05) is 55.3 Å². The number of nitrogens with zero attached hydrogens (tertiary/aromatic N) is 5. The highest BCUT2D eigenvalue weighted by atomic mass is 35.5. The van der Waals surface area contributed by atoms with Gasteiger partial charge < -0.3 is 19.9 Å². The lowest BCUT2D eigenvalue weighted by atomic mass is 10.0. The van der Waals surface area contributed by atoms with Crippen LogP contribution in [0, 0.1) is 0 Å². The van der Waals surface area contributed by atoms with E-state index in [0.717, 1.165) is 25.9 Å². The zero-order valence-electron chi connectivity index (χ0n) is 21.7. The largest absolute Gasteiger partial charge is 0.455 e. The Morgan fingerprint density at radius 1 is 1.10 bits per heavy atom. The highest BCUT2D eigenvalue weighted by Gasteiger charge is 2.31. The van der Waals surface area contributed by atoms with E-state index in [1.165, 1.54) is 17.4 Å². The first-order valence-corrected chi connectivity index (χ1v) is 15.0. The number of carbonyl (C=O) groups excluding carboxylic acids is 1. The molecule has 0 saturated carbocycles.